The first kappa shape index (κ1) is 25.5. The van der Waals surface area contributed by atoms with E-state index in [9.17, 15) is 9.18 Å². The fourth-order valence-electron chi connectivity index (χ4n) is 6.58. The minimum absolute atomic E-state index is 0.131. The van der Waals surface area contributed by atoms with Crippen molar-refractivity contribution in [2.45, 2.75) is 18.5 Å². The predicted octanol–water partition coefficient (Wildman–Crippen LogP) is 4.83. The number of rotatable bonds is 7. The van der Waals surface area contributed by atoms with Crippen LogP contribution in [0, 0.1) is 17.7 Å². The molecule has 0 spiro atoms. The molecule has 7 rings (SSSR count). The van der Waals surface area contributed by atoms with Gasteiger partial charge < -0.3 is 38.7 Å². The summed E-state index contributed by atoms with van der Waals surface area (Å²) in [5.74, 6) is 1.23. The summed E-state index contributed by atoms with van der Waals surface area (Å²) in [5, 5.41) is 4.47. The van der Waals surface area contributed by atoms with Crippen LogP contribution in [0.2, 0.25) is 0 Å². The molecule has 41 heavy (non-hydrogen) atoms. The third kappa shape index (κ3) is 4.12. The van der Waals surface area contributed by atoms with E-state index in [2.05, 4.69) is 10.3 Å². The van der Waals surface area contributed by atoms with Crippen molar-refractivity contribution in [2.24, 2.45) is 11.8 Å². The Balaban J connectivity index is 1.34. The van der Waals surface area contributed by atoms with Crippen LogP contribution in [0.1, 0.15) is 34.3 Å². The maximum absolute atomic E-state index is 13.8. The van der Waals surface area contributed by atoms with Crippen LogP contribution < -0.4 is 29.0 Å². The van der Waals surface area contributed by atoms with Crippen LogP contribution in [-0.2, 0) is 16.1 Å². The van der Waals surface area contributed by atoms with Gasteiger partial charge in [0.15, 0.2) is 23.0 Å². The summed E-state index contributed by atoms with van der Waals surface area (Å²) >= 11 is 0. The molecule has 3 aliphatic rings. The van der Waals surface area contributed by atoms with E-state index < -0.39 is 5.92 Å². The normalized spacial score (nSPS) is 22.3. The molecule has 212 valence electrons. The number of aromatic nitrogens is 1. The van der Waals surface area contributed by atoms with Crippen molar-refractivity contribution in [3.8, 4) is 28.7 Å². The summed E-state index contributed by atoms with van der Waals surface area (Å²) < 4.78 is 47.8. The third-order valence-corrected chi connectivity index (χ3v) is 8.38. The average Bonchev–Trinajstić information content (AvgIpc) is 3.71. The highest BCUT2D eigenvalue weighted by Crippen LogP contribution is 2.55. The smallest absolute Gasteiger partial charge is 0.310 e. The largest absolute Gasteiger partial charge is 0.493 e. The maximum atomic E-state index is 13.8. The highest BCUT2D eigenvalue weighted by atomic mass is 19.1. The zero-order valence-corrected chi connectivity index (χ0v) is 22.8. The number of carbonyl (C=O) groups is 1. The SMILES string of the molecule is COc1cc([C@@H]2c3cc4c(cc3[C@@H](NCc3cc5cc(F)ccc5[nH]3)[C@H]3COC(=O)[C@H]23)OCO4)cc(OC)c1OC. The molecule has 2 aliphatic heterocycles. The van der Waals surface area contributed by atoms with Gasteiger partial charge in [0.05, 0.1) is 33.9 Å². The molecule has 0 unspecified atom stereocenters. The molecule has 3 aromatic carbocycles. The fourth-order valence-corrected chi connectivity index (χ4v) is 6.58. The zero-order chi connectivity index (χ0) is 28.2. The van der Waals surface area contributed by atoms with E-state index >= 15 is 0 Å². The summed E-state index contributed by atoms with van der Waals surface area (Å²) in [6, 6.07) is 14.1. The summed E-state index contributed by atoms with van der Waals surface area (Å²) in [4.78, 5) is 16.8. The zero-order valence-electron chi connectivity index (χ0n) is 22.8. The molecule has 1 aliphatic carbocycles. The van der Waals surface area contributed by atoms with Crippen molar-refractivity contribution in [1.82, 2.24) is 10.3 Å². The van der Waals surface area contributed by atoms with Crippen molar-refractivity contribution in [1.29, 1.82) is 0 Å². The van der Waals surface area contributed by atoms with E-state index in [1.165, 1.54) is 12.1 Å². The second kappa shape index (κ2) is 9.88. The molecule has 4 atom stereocenters. The average molecular weight is 561 g/mol. The number of esters is 1. The van der Waals surface area contributed by atoms with Crippen LogP contribution in [0.3, 0.4) is 0 Å². The molecule has 0 bridgehead atoms. The molecule has 0 radical (unpaired) electrons. The molecule has 3 heterocycles. The molecule has 10 heteroatoms. The van der Waals surface area contributed by atoms with Crippen LogP contribution in [0.15, 0.2) is 48.5 Å². The standard InChI is InChI=1S/C31H29FN2O7/c1-36-25-8-16(9-26(37-2)30(25)38-3)27-19-10-23-24(41-14-40-23)11-20(19)29(21-13-39-31(35)28(21)27)33-12-18-7-15-6-17(32)4-5-22(15)34-18/h4-11,21,27-29,33-34H,12-14H2,1-3H3/t21-,27+,28-,29+/m0/s1. The van der Waals surface area contributed by atoms with Gasteiger partial charge in [-0.15, -0.1) is 0 Å². The third-order valence-electron chi connectivity index (χ3n) is 8.38. The van der Waals surface area contributed by atoms with Gasteiger partial charge in [-0.05, 0) is 65.2 Å². The molecule has 2 N–H and O–H groups in total. The second-order valence-corrected chi connectivity index (χ2v) is 10.5. The molecule has 4 aromatic rings. The first-order valence-corrected chi connectivity index (χ1v) is 13.4. The van der Waals surface area contributed by atoms with E-state index in [1.807, 2.05) is 30.3 Å². The van der Waals surface area contributed by atoms with Crippen LogP contribution >= 0.6 is 0 Å². The number of halogens is 1. The predicted molar refractivity (Wildman–Crippen MR) is 146 cm³/mol. The minimum atomic E-state index is -0.472. The Hall–Kier alpha value is -4.44. The van der Waals surface area contributed by atoms with Crippen molar-refractivity contribution in [2.75, 3.05) is 34.7 Å². The number of H-pyrrole nitrogens is 1. The van der Waals surface area contributed by atoms with E-state index in [-0.39, 0.29) is 43.1 Å². The van der Waals surface area contributed by atoms with Gasteiger partial charge in [0.1, 0.15) is 5.82 Å². The van der Waals surface area contributed by atoms with Crippen LogP contribution in [0.25, 0.3) is 10.9 Å². The lowest BCUT2D eigenvalue weighted by molar-refractivity contribution is -0.141. The molecular formula is C31H29FN2O7. The summed E-state index contributed by atoms with van der Waals surface area (Å²) in [6.07, 6.45) is 0. The minimum Gasteiger partial charge on any atom is -0.493 e. The molecular weight excluding hydrogens is 531 g/mol. The van der Waals surface area contributed by atoms with Gasteiger partial charge in [0.25, 0.3) is 0 Å². The Morgan fingerprint density at radius 1 is 0.927 bits per heavy atom. The highest BCUT2D eigenvalue weighted by molar-refractivity contribution is 5.81. The Morgan fingerprint density at radius 3 is 2.37 bits per heavy atom. The van der Waals surface area contributed by atoms with Crippen LogP contribution in [0.5, 0.6) is 28.7 Å². The molecule has 1 saturated heterocycles. The number of aromatic amines is 1. The van der Waals surface area contributed by atoms with Crippen molar-refractivity contribution < 1.29 is 37.6 Å². The van der Waals surface area contributed by atoms with Crippen molar-refractivity contribution in [3.63, 3.8) is 0 Å². The van der Waals surface area contributed by atoms with Crippen molar-refractivity contribution in [3.05, 3.63) is 76.7 Å². The monoisotopic (exact) mass is 560 g/mol. The Bertz CT molecular complexity index is 1640. The molecule has 9 nitrogen and oxygen atoms in total. The first-order valence-electron chi connectivity index (χ1n) is 13.4. The molecule has 0 amide bonds. The summed E-state index contributed by atoms with van der Waals surface area (Å²) in [5.41, 5.74) is 4.52. The topological polar surface area (TPSA) is 100 Å². The fraction of sp³-hybridized carbons (Fsp3) is 0.323. The van der Waals surface area contributed by atoms with E-state index in [1.54, 1.807) is 27.4 Å². The number of benzene rings is 3. The van der Waals surface area contributed by atoms with Gasteiger partial charge in [-0.3, -0.25) is 4.79 Å². The van der Waals surface area contributed by atoms with E-state index in [0.717, 1.165) is 33.3 Å². The van der Waals surface area contributed by atoms with Gasteiger partial charge in [0.2, 0.25) is 12.5 Å². The number of hydrogen-bond acceptors (Lipinski definition) is 8. The van der Waals surface area contributed by atoms with Gasteiger partial charge in [-0.25, -0.2) is 4.39 Å². The highest BCUT2D eigenvalue weighted by Gasteiger charge is 2.52. The number of fused-ring (bicyclic) bond motifs is 4. The Morgan fingerprint density at radius 2 is 1.66 bits per heavy atom. The number of methoxy groups -OCH3 is 3. The number of ether oxygens (including phenoxy) is 6. The number of cyclic esters (lactones) is 1. The number of carbonyl (C=O) groups excluding carboxylic acids is 1. The quantitative estimate of drug-likeness (QED) is 0.310. The van der Waals surface area contributed by atoms with Crippen molar-refractivity contribution >= 4 is 16.9 Å². The van der Waals surface area contributed by atoms with Gasteiger partial charge in [0, 0.05) is 41.0 Å². The van der Waals surface area contributed by atoms with Gasteiger partial charge >= 0.3 is 5.97 Å². The lowest BCUT2D eigenvalue weighted by atomic mass is 9.65. The Labute approximate surface area is 235 Å². The van der Waals surface area contributed by atoms with E-state index in [0.29, 0.717) is 35.3 Å². The summed E-state index contributed by atoms with van der Waals surface area (Å²) in [6.45, 7) is 0.876. The second-order valence-electron chi connectivity index (χ2n) is 10.5. The summed E-state index contributed by atoms with van der Waals surface area (Å²) in [7, 11) is 4.69. The molecule has 1 fully saturated rings. The van der Waals surface area contributed by atoms with Gasteiger partial charge in [-0.2, -0.15) is 0 Å². The molecule has 1 aromatic heterocycles. The number of hydrogen-bond donors (Lipinski definition) is 2. The van der Waals surface area contributed by atoms with Gasteiger partial charge in [-0.1, -0.05) is 0 Å². The van der Waals surface area contributed by atoms with Crippen LogP contribution in [0.4, 0.5) is 4.39 Å². The number of nitrogens with one attached hydrogen (secondary N) is 2. The molecule has 0 saturated carbocycles. The maximum Gasteiger partial charge on any atom is 0.310 e. The Kier molecular flexibility index (Phi) is 6.15. The lowest BCUT2D eigenvalue weighted by Crippen LogP contribution is -2.40. The van der Waals surface area contributed by atoms with E-state index in [4.69, 9.17) is 28.4 Å². The lowest BCUT2D eigenvalue weighted by Gasteiger charge is -2.39. The first-order chi connectivity index (χ1) is 20.0. The van der Waals surface area contributed by atoms with Crippen LogP contribution in [-0.4, -0.2) is 45.7 Å².